The molecular weight excluding hydrogens is 516 g/mol. The van der Waals surface area contributed by atoms with Gasteiger partial charge in [-0.15, -0.1) is 0 Å². The highest BCUT2D eigenvalue weighted by atomic mass is 16.8. The molecule has 0 unspecified atom stereocenters. The first-order chi connectivity index (χ1) is 19.3. The smallest absolute Gasteiger partial charge is 0.309 e. The summed E-state index contributed by atoms with van der Waals surface area (Å²) < 4.78 is 19.0. The molecular formula is C35H56O6. The summed E-state index contributed by atoms with van der Waals surface area (Å²) in [4.78, 5) is 26.0. The van der Waals surface area contributed by atoms with Crippen LogP contribution in [-0.2, 0) is 25.5 Å². The predicted octanol–water partition coefficient (Wildman–Crippen LogP) is 8.81. The van der Waals surface area contributed by atoms with Crippen molar-refractivity contribution in [3.05, 3.63) is 22.3 Å². The number of carbonyl (C=O) groups is 2. The van der Waals surface area contributed by atoms with Gasteiger partial charge in [0.05, 0.1) is 6.42 Å². The van der Waals surface area contributed by atoms with Gasteiger partial charge in [-0.2, -0.15) is 0 Å². The highest BCUT2D eigenvalue weighted by Gasteiger charge is 2.60. The Hall–Kier alpha value is -2.24. The number of rotatable bonds is 12. The van der Waals surface area contributed by atoms with Gasteiger partial charge in [-0.25, -0.2) is 0 Å². The van der Waals surface area contributed by atoms with E-state index in [1.165, 1.54) is 38.5 Å². The van der Waals surface area contributed by atoms with Crippen LogP contribution in [0.5, 0.6) is 11.5 Å². The van der Waals surface area contributed by atoms with E-state index < -0.39 is 11.4 Å². The number of fused-ring (bicyclic) bond motifs is 1. The quantitative estimate of drug-likeness (QED) is 0.252. The minimum atomic E-state index is -1.58. The fraction of sp³-hybridized carbons (Fsp3) is 0.771. The third kappa shape index (κ3) is 8.20. The van der Waals surface area contributed by atoms with Crippen LogP contribution in [0, 0.1) is 38.5 Å². The number of aromatic hydroxyl groups is 1. The zero-order valence-corrected chi connectivity index (χ0v) is 27.1. The zero-order chi connectivity index (χ0) is 30.4. The Balaban J connectivity index is 1.75. The van der Waals surface area contributed by atoms with Crippen molar-refractivity contribution >= 4 is 11.9 Å². The number of phenolic OH excluding ortho intramolecular Hbond substituents is 1. The average Bonchev–Trinajstić information content (AvgIpc) is 2.96. The molecule has 0 saturated carbocycles. The Morgan fingerprint density at radius 3 is 1.78 bits per heavy atom. The molecule has 2 heterocycles. The van der Waals surface area contributed by atoms with Crippen LogP contribution in [-0.4, -0.2) is 28.4 Å². The maximum absolute atomic E-state index is 13.0. The van der Waals surface area contributed by atoms with Crippen molar-refractivity contribution in [1.29, 1.82) is 0 Å². The molecule has 3 rings (SSSR count). The lowest BCUT2D eigenvalue weighted by atomic mass is 9.78. The van der Waals surface area contributed by atoms with E-state index in [9.17, 15) is 14.7 Å². The summed E-state index contributed by atoms with van der Waals surface area (Å²) in [6.45, 7) is 16.9. The lowest BCUT2D eigenvalue weighted by molar-refractivity contribution is -0.290. The van der Waals surface area contributed by atoms with Crippen molar-refractivity contribution in [2.24, 2.45) is 17.8 Å². The van der Waals surface area contributed by atoms with Gasteiger partial charge in [0.2, 0.25) is 0 Å². The Morgan fingerprint density at radius 2 is 1.24 bits per heavy atom. The number of phenols is 1. The first-order valence-corrected chi connectivity index (χ1v) is 16.2. The second kappa shape index (κ2) is 14.3. The van der Waals surface area contributed by atoms with Crippen molar-refractivity contribution in [2.45, 2.75) is 157 Å². The van der Waals surface area contributed by atoms with Crippen LogP contribution in [0.4, 0.5) is 0 Å². The number of carbonyl (C=O) groups excluding carboxylic acids is 2. The third-order valence-electron chi connectivity index (χ3n) is 9.68. The maximum Gasteiger partial charge on any atom is 0.309 e. The van der Waals surface area contributed by atoms with Crippen molar-refractivity contribution in [1.82, 2.24) is 0 Å². The summed E-state index contributed by atoms with van der Waals surface area (Å²) in [5.41, 5.74) is 1.99. The molecule has 2 aliphatic rings. The highest BCUT2D eigenvalue weighted by molar-refractivity contribution is 5.74. The van der Waals surface area contributed by atoms with Crippen LogP contribution in [0.25, 0.3) is 0 Å². The molecule has 1 aromatic carbocycles. The van der Waals surface area contributed by atoms with E-state index in [1.54, 1.807) is 0 Å². The second-order valence-corrected chi connectivity index (χ2v) is 13.8. The SMILES string of the molecule is Cc1c(C)c2c(c(C)c1O)CC1(OC(=O)CCCCC(=O)O1)[C@](C)(CCC[C@H](C)CCC[C@@H](C)CCCC(C)C)O2. The Morgan fingerprint density at radius 1 is 0.732 bits per heavy atom. The van der Waals surface area contributed by atoms with Gasteiger partial charge in [0.25, 0.3) is 5.79 Å². The molecule has 6 nitrogen and oxygen atoms in total. The molecule has 1 N–H and O–H groups in total. The molecule has 2 aliphatic heterocycles. The average molecular weight is 573 g/mol. The molecule has 0 amide bonds. The van der Waals surface area contributed by atoms with Crippen molar-refractivity contribution in [3.8, 4) is 11.5 Å². The monoisotopic (exact) mass is 572 g/mol. The molecule has 1 saturated heterocycles. The van der Waals surface area contributed by atoms with Gasteiger partial charge in [0.1, 0.15) is 11.5 Å². The van der Waals surface area contributed by atoms with E-state index in [1.807, 2.05) is 27.7 Å². The van der Waals surface area contributed by atoms with Crippen LogP contribution in [0.3, 0.4) is 0 Å². The van der Waals surface area contributed by atoms with Crippen LogP contribution in [0.1, 0.15) is 140 Å². The summed E-state index contributed by atoms with van der Waals surface area (Å²) in [5.74, 6) is 0.711. The fourth-order valence-corrected chi connectivity index (χ4v) is 6.57. The van der Waals surface area contributed by atoms with E-state index in [2.05, 4.69) is 27.7 Å². The van der Waals surface area contributed by atoms with E-state index in [-0.39, 0.29) is 37.0 Å². The fourth-order valence-electron chi connectivity index (χ4n) is 6.57. The van der Waals surface area contributed by atoms with E-state index >= 15 is 0 Å². The molecule has 1 aromatic rings. The number of benzene rings is 1. The minimum absolute atomic E-state index is 0.168. The third-order valence-corrected chi connectivity index (χ3v) is 9.68. The summed E-state index contributed by atoms with van der Waals surface area (Å²) >= 11 is 0. The molecule has 0 bridgehead atoms. The van der Waals surface area contributed by atoms with Gasteiger partial charge in [-0.05, 0) is 87.8 Å². The summed E-state index contributed by atoms with van der Waals surface area (Å²) in [7, 11) is 0. The van der Waals surface area contributed by atoms with E-state index in [0.29, 0.717) is 36.5 Å². The normalized spacial score (nSPS) is 22.2. The van der Waals surface area contributed by atoms with Crippen molar-refractivity contribution < 1.29 is 28.9 Å². The van der Waals surface area contributed by atoms with Gasteiger partial charge < -0.3 is 19.3 Å². The molecule has 232 valence electrons. The maximum atomic E-state index is 13.0. The number of hydrogen-bond acceptors (Lipinski definition) is 6. The van der Waals surface area contributed by atoms with Crippen LogP contribution < -0.4 is 4.74 Å². The van der Waals surface area contributed by atoms with Gasteiger partial charge in [-0.3, -0.25) is 9.59 Å². The number of hydrogen-bond donors (Lipinski definition) is 1. The molecule has 6 heteroatoms. The molecule has 1 fully saturated rings. The topological polar surface area (TPSA) is 82.1 Å². The Labute approximate surface area is 248 Å². The highest BCUT2D eigenvalue weighted by Crippen LogP contribution is 2.50. The Bertz CT molecular complexity index is 1040. The zero-order valence-electron chi connectivity index (χ0n) is 27.1. The standard InChI is InChI=1S/C35H56O6/c1-23(2)14-11-15-24(3)16-12-17-25(4)18-13-21-34(8)35(39-30(36)19-9-10-20-31(37)40-35)22-29-28(7)32(38)26(5)27(6)33(29)41-34/h23-25,38H,9-22H2,1-8H3/t24-,25+,34-/m0/s1. The summed E-state index contributed by atoms with van der Waals surface area (Å²) in [6, 6.07) is 0. The van der Waals surface area contributed by atoms with Gasteiger partial charge in [-0.1, -0.05) is 72.6 Å². The van der Waals surface area contributed by atoms with Crippen molar-refractivity contribution in [2.75, 3.05) is 0 Å². The second-order valence-electron chi connectivity index (χ2n) is 13.8. The largest absolute Gasteiger partial charge is 0.507 e. The van der Waals surface area contributed by atoms with Gasteiger partial charge in [0, 0.05) is 18.4 Å². The van der Waals surface area contributed by atoms with Gasteiger partial charge >= 0.3 is 11.9 Å². The van der Waals surface area contributed by atoms with Crippen LogP contribution in [0.15, 0.2) is 0 Å². The lowest BCUT2D eigenvalue weighted by Crippen LogP contribution is -2.64. The summed E-state index contributed by atoms with van der Waals surface area (Å²) in [5, 5.41) is 10.8. The molecule has 1 spiro atoms. The Kier molecular flexibility index (Phi) is 11.6. The van der Waals surface area contributed by atoms with E-state index in [0.717, 1.165) is 41.4 Å². The predicted molar refractivity (Wildman–Crippen MR) is 163 cm³/mol. The summed E-state index contributed by atoms with van der Waals surface area (Å²) in [6.07, 6.45) is 12.0. The minimum Gasteiger partial charge on any atom is -0.507 e. The molecule has 0 aliphatic carbocycles. The lowest BCUT2D eigenvalue weighted by Gasteiger charge is -2.50. The van der Waals surface area contributed by atoms with Crippen LogP contribution >= 0.6 is 0 Å². The van der Waals surface area contributed by atoms with Crippen LogP contribution in [0.2, 0.25) is 0 Å². The molecule has 0 radical (unpaired) electrons. The number of esters is 2. The first kappa shape index (κ1) is 33.3. The molecule has 3 atom stereocenters. The van der Waals surface area contributed by atoms with Crippen molar-refractivity contribution in [3.63, 3.8) is 0 Å². The first-order valence-electron chi connectivity index (χ1n) is 16.2. The van der Waals surface area contributed by atoms with Gasteiger partial charge in [0.15, 0.2) is 5.60 Å². The van der Waals surface area contributed by atoms with E-state index in [4.69, 9.17) is 14.2 Å². The molecule has 0 aromatic heterocycles. The molecule has 41 heavy (non-hydrogen) atoms. The number of ether oxygens (including phenoxy) is 3.